The van der Waals surface area contributed by atoms with Gasteiger partial charge in [0.05, 0.1) is 0 Å². The second-order valence-electron chi connectivity index (χ2n) is 4.01. The topological polar surface area (TPSA) is 66.8 Å². The molecule has 0 unspecified atom stereocenters. The molecule has 0 spiro atoms. The lowest BCUT2D eigenvalue weighted by Crippen LogP contribution is -2.38. The van der Waals surface area contributed by atoms with Gasteiger partial charge >= 0.3 is 5.97 Å². The predicted molar refractivity (Wildman–Crippen MR) is 71.1 cm³/mol. The highest BCUT2D eigenvalue weighted by molar-refractivity contribution is 5.82. The van der Waals surface area contributed by atoms with Crippen LogP contribution in [0.25, 0.3) is 0 Å². The molecule has 0 heterocycles. The Kier molecular flexibility index (Phi) is 5.60. The number of benzene rings is 1. The van der Waals surface area contributed by atoms with Crippen molar-refractivity contribution in [3.63, 3.8) is 0 Å². The molecule has 5 nitrogen and oxygen atoms in total. The monoisotopic (exact) mass is 263 g/mol. The lowest BCUT2D eigenvalue weighted by molar-refractivity contribution is -0.144. The molecule has 0 aromatic heterocycles. The summed E-state index contributed by atoms with van der Waals surface area (Å²) in [4.78, 5) is 23.7. The van der Waals surface area contributed by atoms with Crippen LogP contribution in [-0.4, -0.2) is 41.6 Å². The maximum Gasteiger partial charge on any atom is 0.323 e. The first-order valence-electron chi connectivity index (χ1n) is 5.83. The molecule has 0 aliphatic rings. The molecule has 0 saturated carbocycles. The van der Waals surface area contributed by atoms with E-state index in [2.05, 4.69) is 6.58 Å². The van der Waals surface area contributed by atoms with Crippen LogP contribution in [0.4, 0.5) is 0 Å². The van der Waals surface area contributed by atoms with Crippen LogP contribution in [-0.2, 0) is 9.59 Å². The number of nitrogens with zero attached hydrogens (tertiary/aromatic N) is 1. The minimum absolute atomic E-state index is 0.183. The number of carboxylic acids is 1. The summed E-state index contributed by atoms with van der Waals surface area (Å²) in [5, 5.41) is 8.72. The third kappa shape index (κ3) is 4.83. The van der Waals surface area contributed by atoms with Crippen molar-refractivity contribution in [2.24, 2.45) is 0 Å². The van der Waals surface area contributed by atoms with Crippen molar-refractivity contribution in [2.75, 3.05) is 19.7 Å². The zero-order chi connectivity index (χ0) is 14.3. The van der Waals surface area contributed by atoms with Gasteiger partial charge in [0, 0.05) is 6.54 Å². The van der Waals surface area contributed by atoms with Gasteiger partial charge in [-0.05, 0) is 18.6 Å². The van der Waals surface area contributed by atoms with Crippen LogP contribution in [0.3, 0.4) is 0 Å². The average Bonchev–Trinajstić information content (AvgIpc) is 2.36. The molecule has 0 aliphatic carbocycles. The molecule has 5 heteroatoms. The van der Waals surface area contributed by atoms with Crippen LogP contribution in [0, 0.1) is 6.92 Å². The van der Waals surface area contributed by atoms with Crippen molar-refractivity contribution < 1.29 is 19.4 Å². The molecule has 0 saturated heterocycles. The van der Waals surface area contributed by atoms with Crippen LogP contribution in [0.15, 0.2) is 36.9 Å². The summed E-state index contributed by atoms with van der Waals surface area (Å²) in [6.45, 7) is 5.00. The summed E-state index contributed by atoms with van der Waals surface area (Å²) in [7, 11) is 0. The summed E-state index contributed by atoms with van der Waals surface area (Å²) in [5.41, 5.74) is 0.920. The minimum Gasteiger partial charge on any atom is -0.484 e. The summed E-state index contributed by atoms with van der Waals surface area (Å²) < 4.78 is 5.39. The first-order valence-corrected chi connectivity index (χ1v) is 5.83. The maximum absolute atomic E-state index is 11.8. The third-order valence-electron chi connectivity index (χ3n) is 2.47. The summed E-state index contributed by atoms with van der Waals surface area (Å²) >= 11 is 0. The molecule has 1 aromatic carbocycles. The number of para-hydroxylation sites is 1. The minimum atomic E-state index is -1.06. The smallest absolute Gasteiger partial charge is 0.323 e. The van der Waals surface area contributed by atoms with E-state index in [-0.39, 0.29) is 25.6 Å². The summed E-state index contributed by atoms with van der Waals surface area (Å²) in [5.74, 6) is -0.832. The molecular formula is C14H17NO4. The van der Waals surface area contributed by atoms with Crippen molar-refractivity contribution >= 4 is 11.9 Å². The lowest BCUT2D eigenvalue weighted by atomic mass is 10.2. The zero-order valence-corrected chi connectivity index (χ0v) is 10.8. The van der Waals surface area contributed by atoms with Gasteiger partial charge in [-0.25, -0.2) is 0 Å². The molecule has 0 radical (unpaired) electrons. The largest absolute Gasteiger partial charge is 0.484 e. The number of carboxylic acid groups (broad SMARTS) is 1. The highest BCUT2D eigenvalue weighted by Crippen LogP contribution is 2.16. The summed E-state index contributed by atoms with van der Waals surface area (Å²) in [6.07, 6.45) is 1.48. The molecule has 0 bridgehead atoms. The molecule has 0 fully saturated rings. The Balaban J connectivity index is 2.59. The molecule has 0 atom stereocenters. The Morgan fingerprint density at radius 1 is 1.42 bits per heavy atom. The Morgan fingerprint density at radius 2 is 2.11 bits per heavy atom. The first kappa shape index (κ1) is 14.8. The number of ether oxygens (including phenoxy) is 1. The zero-order valence-electron chi connectivity index (χ0n) is 10.8. The van der Waals surface area contributed by atoms with Gasteiger partial charge in [-0.3, -0.25) is 9.59 Å². The SMILES string of the molecule is C=CCN(CC(=O)O)C(=O)COc1ccccc1C. The Morgan fingerprint density at radius 3 is 2.68 bits per heavy atom. The molecule has 1 rings (SSSR count). The quantitative estimate of drug-likeness (QED) is 0.756. The molecule has 1 N–H and O–H groups in total. The van der Waals surface area contributed by atoms with Crippen LogP contribution in [0.5, 0.6) is 5.75 Å². The number of carbonyl (C=O) groups excluding carboxylic acids is 1. The van der Waals surface area contributed by atoms with Crippen molar-refractivity contribution in [1.29, 1.82) is 0 Å². The van der Waals surface area contributed by atoms with Crippen LogP contribution in [0.1, 0.15) is 5.56 Å². The number of carbonyl (C=O) groups is 2. The average molecular weight is 263 g/mol. The van der Waals surface area contributed by atoms with E-state index < -0.39 is 5.97 Å². The van der Waals surface area contributed by atoms with E-state index in [9.17, 15) is 9.59 Å². The normalized spacial score (nSPS) is 9.74. The molecular weight excluding hydrogens is 246 g/mol. The highest BCUT2D eigenvalue weighted by atomic mass is 16.5. The number of hydrogen-bond acceptors (Lipinski definition) is 3. The molecule has 19 heavy (non-hydrogen) atoms. The van der Waals surface area contributed by atoms with Gasteiger partial charge in [0.1, 0.15) is 12.3 Å². The van der Waals surface area contributed by atoms with Gasteiger partial charge in [0.15, 0.2) is 6.61 Å². The van der Waals surface area contributed by atoms with Crippen molar-refractivity contribution in [1.82, 2.24) is 4.90 Å². The maximum atomic E-state index is 11.8. The van der Waals surface area contributed by atoms with Crippen LogP contribution < -0.4 is 4.74 Å². The van der Waals surface area contributed by atoms with Gasteiger partial charge in [-0.15, -0.1) is 6.58 Å². The Hall–Kier alpha value is -2.30. The predicted octanol–water partition coefficient (Wildman–Crippen LogP) is 1.47. The number of hydrogen-bond donors (Lipinski definition) is 1. The van der Waals surface area contributed by atoms with E-state index in [1.165, 1.54) is 11.0 Å². The lowest BCUT2D eigenvalue weighted by Gasteiger charge is -2.19. The van der Waals surface area contributed by atoms with E-state index in [1.807, 2.05) is 25.1 Å². The fourth-order valence-corrected chi connectivity index (χ4v) is 1.52. The van der Waals surface area contributed by atoms with Crippen LogP contribution in [0.2, 0.25) is 0 Å². The molecule has 0 aliphatic heterocycles. The standard InChI is InChI=1S/C14H17NO4/c1-3-8-15(9-14(17)18)13(16)10-19-12-7-5-4-6-11(12)2/h3-7H,1,8-10H2,2H3,(H,17,18). The number of rotatable bonds is 7. The fourth-order valence-electron chi connectivity index (χ4n) is 1.52. The second-order valence-corrected chi connectivity index (χ2v) is 4.01. The third-order valence-corrected chi connectivity index (χ3v) is 2.47. The van der Waals surface area contributed by atoms with E-state index in [4.69, 9.17) is 9.84 Å². The highest BCUT2D eigenvalue weighted by Gasteiger charge is 2.16. The molecule has 1 amide bonds. The van der Waals surface area contributed by atoms with Crippen LogP contribution >= 0.6 is 0 Å². The Labute approximate surface area is 112 Å². The fraction of sp³-hybridized carbons (Fsp3) is 0.286. The number of amides is 1. The van der Waals surface area contributed by atoms with Crippen molar-refractivity contribution in [3.05, 3.63) is 42.5 Å². The van der Waals surface area contributed by atoms with Gasteiger partial charge in [0.25, 0.3) is 5.91 Å². The van der Waals surface area contributed by atoms with E-state index in [1.54, 1.807) is 6.07 Å². The van der Waals surface area contributed by atoms with Gasteiger partial charge in [-0.2, -0.15) is 0 Å². The van der Waals surface area contributed by atoms with Crippen molar-refractivity contribution in [3.8, 4) is 5.75 Å². The first-order chi connectivity index (χ1) is 9.04. The van der Waals surface area contributed by atoms with E-state index in [0.717, 1.165) is 5.56 Å². The second kappa shape index (κ2) is 7.20. The van der Waals surface area contributed by atoms with E-state index >= 15 is 0 Å². The summed E-state index contributed by atoms with van der Waals surface area (Å²) in [6, 6.07) is 7.32. The van der Waals surface area contributed by atoms with Crippen molar-refractivity contribution in [2.45, 2.75) is 6.92 Å². The van der Waals surface area contributed by atoms with E-state index in [0.29, 0.717) is 5.75 Å². The number of aliphatic carboxylic acids is 1. The van der Waals surface area contributed by atoms with Gasteiger partial charge in [-0.1, -0.05) is 24.3 Å². The molecule has 1 aromatic rings. The van der Waals surface area contributed by atoms with Gasteiger partial charge in [0.2, 0.25) is 0 Å². The molecule has 102 valence electrons. The van der Waals surface area contributed by atoms with Gasteiger partial charge < -0.3 is 14.7 Å². The Bertz CT molecular complexity index is 470. The number of aryl methyl sites for hydroxylation is 1.